The standard InChI is InChI=1S/C22H29NO4Si/c1-22(2,3)28(19-11-7-5-8-12-19,20-13-9-6-10-14-20)27-16-15-18(24)17-23(4)21(25)26/h5-14H,15-17H2,1-4H3,(H,25,26). The number of nitrogens with zero attached hydrogens (tertiary/aromatic N) is 1. The van der Waals surface area contributed by atoms with Crippen LogP contribution < -0.4 is 10.4 Å². The largest absolute Gasteiger partial charge is 0.465 e. The van der Waals surface area contributed by atoms with Gasteiger partial charge in [-0.2, -0.15) is 0 Å². The third-order valence-electron chi connectivity index (χ3n) is 4.86. The van der Waals surface area contributed by atoms with Crippen LogP contribution in [0.25, 0.3) is 0 Å². The monoisotopic (exact) mass is 399 g/mol. The van der Waals surface area contributed by atoms with Crippen molar-refractivity contribution in [1.82, 2.24) is 4.90 Å². The molecule has 0 aliphatic heterocycles. The molecule has 150 valence electrons. The average Bonchev–Trinajstić information content (AvgIpc) is 2.65. The molecule has 6 heteroatoms. The Kier molecular flexibility index (Phi) is 7.15. The number of hydrogen-bond acceptors (Lipinski definition) is 3. The zero-order valence-electron chi connectivity index (χ0n) is 17.0. The van der Waals surface area contributed by atoms with Crippen LogP contribution in [0.5, 0.6) is 0 Å². The number of rotatable bonds is 8. The van der Waals surface area contributed by atoms with E-state index in [-0.39, 0.29) is 30.4 Å². The molecule has 0 fully saturated rings. The Morgan fingerprint density at radius 1 is 0.964 bits per heavy atom. The minimum absolute atomic E-state index is 0.126. The van der Waals surface area contributed by atoms with E-state index in [0.29, 0.717) is 0 Å². The van der Waals surface area contributed by atoms with Gasteiger partial charge in [0, 0.05) is 20.1 Å². The summed E-state index contributed by atoms with van der Waals surface area (Å²) in [5.74, 6) is -0.150. The lowest BCUT2D eigenvalue weighted by Gasteiger charge is -2.43. The van der Waals surface area contributed by atoms with Crippen LogP contribution in [0, 0.1) is 0 Å². The second-order valence-corrected chi connectivity index (χ2v) is 12.2. The fourth-order valence-electron chi connectivity index (χ4n) is 3.49. The van der Waals surface area contributed by atoms with Crippen molar-refractivity contribution < 1.29 is 19.1 Å². The second-order valence-electron chi connectivity index (χ2n) is 7.94. The summed E-state index contributed by atoms with van der Waals surface area (Å²) in [6, 6.07) is 20.4. The molecule has 0 radical (unpaired) electrons. The molecule has 0 atom stereocenters. The Labute approximate surface area is 168 Å². The van der Waals surface area contributed by atoms with E-state index in [4.69, 9.17) is 9.53 Å². The summed E-state index contributed by atoms with van der Waals surface area (Å²) in [6.07, 6.45) is -0.927. The summed E-state index contributed by atoms with van der Waals surface area (Å²) in [5.41, 5.74) is 0. The number of carbonyl (C=O) groups is 2. The van der Waals surface area contributed by atoms with Crippen LogP contribution in [0.2, 0.25) is 5.04 Å². The maximum absolute atomic E-state index is 12.2. The molecule has 0 spiro atoms. The molecule has 1 N–H and O–H groups in total. The van der Waals surface area contributed by atoms with Crippen molar-refractivity contribution in [3.8, 4) is 0 Å². The molecule has 0 saturated heterocycles. The summed E-state index contributed by atoms with van der Waals surface area (Å²) in [6.45, 7) is 6.68. The molecule has 2 aromatic carbocycles. The van der Waals surface area contributed by atoms with E-state index in [9.17, 15) is 9.59 Å². The van der Waals surface area contributed by atoms with Gasteiger partial charge in [-0.1, -0.05) is 81.4 Å². The number of carboxylic acid groups (broad SMARTS) is 1. The molecule has 0 saturated carbocycles. The minimum Gasteiger partial charge on any atom is -0.465 e. The van der Waals surface area contributed by atoms with Gasteiger partial charge in [0.2, 0.25) is 0 Å². The Morgan fingerprint density at radius 2 is 1.43 bits per heavy atom. The molecular weight excluding hydrogens is 370 g/mol. The van der Waals surface area contributed by atoms with Crippen molar-refractivity contribution in [2.24, 2.45) is 0 Å². The van der Waals surface area contributed by atoms with Crippen LogP contribution >= 0.6 is 0 Å². The van der Waals surface area contributed by atoms with Gasteiger partial charge in [-0.3, -0.25) is 4.79 Å². The average molecular weight is 400 g/mol. The molecule has 0 aromatic heterocycles. The van der Waals surface area contributed by atoms with Gasteiger partial charge in [0.05, 0.1) is 6.54 Å². The van der Waals surface area contributed by atoms with Crippen LogP contribution in [0.15, 0.2) is 60.7 Å². The van der Waals surface area contributed by atoms with Crippen molar-refractivity contribution in [1.29, 1.82) is 0 Å². The van der Waals surface area contributed by atoms with E-state index < -0.39 is 14.4 Å². The molecule has 28 heavy (non-hydrogen) atoms. The zero-order chi connectivity index (χ0) is 20.8. The molecule has 0 aliphatic rings. The van der Waals surface area contributed by atoms with Crippen LogP contribution in [-0.2, 0) is 9.22 Å². The van der Waals surface area contributed by atoms with Crippen LogP contribution in [0.4, 0.5) is 4.79 Å². The molecule has 0 heterocycles. The Balaban J connectivity index is 2.32. The zero-order valence-corrected chi connectivity index (χ0v) is 18.0. The molecule has 0 bridgehead atoms. The Bertz CT molecular complexity index is 748. The van der Waals surface area contributed by atoms with Gasteiger partial charge in [-0.05, 0) is 15.4 Å². The second kappa shape index (κ2) is 9.17. The van der Waals surface area contributed by atoms with E-state index >= 15 is 0 Å². The number of amides is 1. The molecule has 1 amide bonds. The number of carbonyl (C=O) groups excluding carboxylic acids is 1. The number of ketones is 1. The summed E-state index contributed by atoms with van der Waals surface area (Å²) in [4.78, 5) is 24.1. The van der Waals surface area contributed by atoms with Gasteiger partial charge in [0.25, 0.3) is 8.32 Å². The highest BCUT2D eigenvalue weighted by molar-refractivity contribution is 6.99. The maximum Gasteiger partial charge on any atom is 0.407 e. The number of hydrogen-bond donors (Lipinski definition) is 1. The Hall–Kier alpha value is -2.44. The summed E-state index contributed by atoms with van der Waals surface area (Å²) >= 11 is 0. The van der Waals surface area contributed by atoms with Crippen molar-refractivity contribution in [3.63, 3.8) is 0 Å². The molecule has 0 unspecified atom stereocenters. The van der Waals surface area contributed by atoms with Gasteiger partial charge in [-0.15, -0.1) is 0 Å². The third-order valence-corrected chi connectivity index (χ3v) is 9.90. The first-order chi connectivity index (χ1) is 13.2. The molecule has 2 aromatic rings. The quantitative estimate of drug-likeness (QED) is 0.693. The first-order valence-electron chi connectivity index (χ1n) is 9.39. The van der Waals surface area contributed by atoms with E-state index in [1.165, 1.54) is 7.05 Å². The first kappa shape index (κ1) is 21.9. The fraction of sp³-hybridized carbons (Fsp3) is 0.364. The number of likely N-dealkylation sites (N-methyl/N-ethyl adjacent to an activating group) is 1. The highest BCUT2D eigenvalue weighted by Crippen LogP contribution is 2.36. The van der Waals surface area contributed by atoms with Gasteiger partial charge in [-0.25, -0.2) is 4.79 Å². The summed E-state index contributed by atoms with van der Waals surface area (Å²) in [5, 5.41) is 11.1. The molecular formula is C22H29NO4Si. The molecule has 0 aliphatic carbocycles. The van der Waals surface area contributed by atoms with Gasteiger partial charge < -0.3 is 14.4 Å². The number of Topliss-reactive ketones (excluding diaryl/α,β-unsaturated/α-hetero) is 1. The highest BCUT2D eigenvalue weighted by Gasteiger charge is 2.50. The van der Waals surface area contributed by atoms with E-state index in [1.807, 2.05) is 36.4 Å². The summed E-state index contributed by atoms with van der Waals surface area (Å²) in [7, 11) is -1.27. The topological polar surface area (TPSA) is 66.8 Å². The lowest BCUT2D eigenvalue weighted by Crippen LogP contribution is -2.66. The van der Waals surface area contributed by atoms with Crippen molar-refractivity contribution >= 4 is 30.6 Å². The maximum atomic E-state index is 12.2. The predicted molar refractivity (Wildman–Crippen MR) is 114 cm³/mol. The third kappa shape index (κ3) is 4.88. The van der Waals surface area contributed by atoms with Crippen LogP contribution in [-0.4, -0.2) is 50.4 Å². The smallest absolute Gasteiger partial charge is 0.407 e. The van der Waals surface area contributed by atoms with Gasteiger partial charge in [0.1, 0.15) is 0 Å². The van der Waals surface area contributed by atoms with Crippen LogP contribution in [0.3, 0.4) is 0 Å². The van der Waals surface area contributed by atoms with E-state index in [0.717, 1.165) is 15.3 Å². The Morgan fingerprint density at radius 3 is 1.82 bits per heavy atom. The normalized spacial score (nSPS) is 11.9. The predicted octanol–water partition coefficient (Wildman–Crippen LogP) is 3.13. The summed E-state index contributed by atoms with van der Waals surface area (Å²) < 4.78 is 6.63. The van der Waals surface area contributed by atoms with Crippen molar-refractivity contribution in [2.45, 2.75) is 32.2 Å². The van der Waals surface area contributed by atoms with E-state index in [1.54, 1.807) is 0 Å². The lowest BCUT2D eigenvalue weighted by atomic mass is 10.2. The lowest BCUT2D eigenvalue weighted by molar-refractivity contribution is -0.120. The number of benzene rings is 2. The van der Waals surface area contributed by atoms with Crippen molar-refractivity contribution in [2.75, 3.05) is 20.2 Å². The molecule has 5 nitrogen and oxygen atoms in total. The van der Waals surface area contributed by atoms with Gasteiger partial charge >= 0.3 is 6.09 Å². The van der Waals surface area contributed by atoms with E-state index in [2.05, 4.69) is 45.0 Å². The van der Waals surface area contributed by atoms with Crippen molar-refractivity contribution in [3.05, 3.63) is 60.7 Å². The SMILES string of the molecule is CN(CC(=O)CCO[Si](c1ccccc1)(c1ccccc1)C(C)(C)C)C(=O)O. The minimum atomic E-state index is -2.66. The molecule has 2 rings (SSSR count). The first-order valence-corrected chi connectivity index (χ1v) is 11.3. The van der Waals surface area contributed by atoms with Gasteiger partial charge in [0.15, 0.2) is 5.78 Å². The van der Waals surface area contributed by atoms with Crippen LogP contribution in [0.1, 0.15) is 27.2 Å². The highest BCUT2D eigenvalue weighted by atomic mass is 28.4. The fourth-order valence-corrected chi connectivity index (χ4v) is 8.05.